The molecule has 0 N–H and O–H groups in total. The Morgan fingerprint density at radius 1 is 1.29 bits per heavy atom. The van der Waals surface area contributed by atoms with Gasteiger partial charge in [-0.15, -0.1) is 0 Å². The van der Waals surface area contributed by atoms with Crippen molar-refractivity contribution in [2.45, 2.75) is 26.7 Å². The van der Waals surface area contributed by atoms with Crippen LogP contribution < -0.4 is 4.74 Å². The van der Waals surface area contributed by atoms with Crippen LogP contribution >= 0.6 is 11.6 Å². The number of halogens is 1. The first-order valence-electron chi connectivity index (χ1n) is 7.86. The monoisotopic (exact) mass is 311 g/mol. The number of hydrogen-bond donors (Lipinski definition) is 0. The fourth-order valence-corrected chi connectivity index (χ4v) is 2.65. The molecule has 1 aromatic rings. The quantitative estimate of drug-likeness (QED) is 0.767. The average molecular weight is 312 g/mol. The van der Waals surface area contributed by atoms with Crippen LogP contribution in [0.5, 0.6) is 5.75 Å². The van der Waals surface area contributed by atoms with Crippen LogP contribution in [-0.2, 0) is 11.2 Å². The molecule has 2 rings (SSSR count). The van der Waals surface area contributed by atoms with E-state index in [2.05, 4.69) is 18.7 Å². The summed E-state index contributed by atoms with van der Waals surface area (Å²) in [7, 11) is 0. The van der Waals surface area contributed by atoms with E-state index in [1.54, 1.807) is 0 Å². The highest BCUT2D eigenvalue weighted by molar-refractivity contribution is 6.30. The van der Waals surface area contributed by atoms with Gasteiger partial charge in [-0.2, -0.15) is 0 Å². The molecule has 0 atom stereocenters. The molecule has 21 heavy (non-hydrogen) atoms. The Balaban J connectivity index is 1.86. The molecule has 118 valence electrons. The molecule has 0 aromatic heterocycles. The molecule has 1 aliphatic heterocycles. The third-order valence-corrected chi connectivity index (χ3v) is 3.85. The second-order valence-corrected chi connectivity index (χ2v) is 6.45. The summed E-state index contributed by atoms with van der Waals surface area (Å²) < 4.78 is 11.3. The fourth-order valence-electron chi connectivity index (χ4n) is 2.46. The number of aryl methyl sites for hydroxylation is 1. The van der Waals surface area contributed by atoms with Crippen molar-refractivity contribution in [2.24, 2.45) is 5.92 Å². The van der Waals surface area contributed by atoms with Gasteiger partial charge in [0.2, 0.25) is 0 Å². The van der Waals surface area contributed by atoms with Crippen molar-refractivity contribution < 1.29 is 9.47 Å². The molecule has 1 fully saturated rings. The van der Waals surface area contributed by atoms with E-state index in [0.29, 0.717) is 5.92 Å². The summed E-state index contributed by atoms with van der Waals surface area (Å²) in [5.74, 6) is 1.51. The van der Waals surface area contributed by atoms with E-state index in [9.17, 15) is 0 Å². The average Bonchev–Trinajstić information content (AvgIpc) is 2.47. The Hall–Kier alpha value is -0.770. The molecule has 0 radical (unpaired) electrons. The molecular weight excluding hydrogens is 286 g/mol. The van der Waals surface area contributed by atoms with Crippen molar-refractivity contribution in [1.29, 1.82) is 0 Å². The highest BCUT2D eigenvalue weighted by atomic mass is 35.5. The van der Waals surface area contributed by atoms with Crippen molar-refractivity contribution in [3.05, 3.63) is 28.8 Å². The summed E-state index contributed by atoms with van der Waals surface area (Å²) in [6, 6.07) is 5.94. The number of rotatable bonds is 7. The molecule has 0 bridgehead atoms. The molecule has 1 aromatic carbocycles. The number of benzene rings is 1. The zero-order chi connectivity index (χ0) is 15.1. The summed E-state index contributed by atoms with van der Waals surface area (Å²) in [5.41, 5.74) is 1.22. The molecule has 0 aliphatic carbocycles. The third-order valence-electron chi connectivity index (χ3n) is 3.62. The van der Waals surface area contributed by atoms with E-state index in [-0.39, 0.29) is 0 Å². The zero-order valence-electron chi connectivity index (χ0n) is 13.1. The maximum atomic E-state index is 6.12. The van der Waals surface area contributed by atoms with Gasteiger partial charge in [0.15, 0.2) is 0 Å². The molecule has 0 spiro atoms. The molecule has 1 heterocycles. The van der Waals surface area contributed by atoms with Crippen LogP contribution in [0.4, 0.5) is 0 Å². The largest absolute Gasteiger partial charge is 0.493 e. The molecule has 1 saturated heterocycles. The van der Waals surface area contributed by atoms with E-state index in [0.717, 1.165) is 63.1 Å². The van der Waals surface area contributed by atoms with E-state index in [1.165, 1.54) is 5.56 Å². The standard InChI is InChI=1S/C17H26ClNO2/c1-14(2)13-21-17-6-5-16(18)12-15(17)4-3-7-19-8-10-20-11-9-19/h5-6,12,14H,3-4,7-11,13H2,1-2H3. The van der Waals surface area contributed by atoms with Crippen LogP contribution in [0.25, 0.3) is 0 Å². The van der Waals surface area contributed by atoms with Gasteiger partial charge in [-0.3, -0.25) is 4.90 Å². The van der Waals surface area contributed by atoms with Gasteiger partial charge in [0.1, 0.15) is 5.75 Å². The lowest BCUT2D eigenvalue weighted by atomic mass is 10.1. The minimum atomic E-state index is 0.530. The molecule has 0 unspecified atom stereocenters. The Morgan fingerprint density at radius 3 is 2.76 bits per heavy atom. The molecule has 4 heteroatoms. The number of morpholine rings is 1. The van der Waals surface area contributed by atoms with Gasteiger partial charge in [-0.05, 0) is 49.1 Å². The highest BCUT2D eigenvalue weighted by Gasteiger charge is 2.11. The minimum absolute atomic E-state index is 0.530. The van der Waals surface area contributed by atoms with Gasteiger partial charge < -0.3 is 9.47 Å². The molecule has 1 aliphatic rings. The van der Waals surface area contributed by atoms with Gasteiger partial charge in [-0.1, -0.05) is 25.4 Å². The minimum Gasteiger partial charge on any atom is -0.493 e. The SMILES string of the molecule is CC(C)COc1ccc(Cl)cc1CCCN1CCOCC1. The van der Waals surface area contributed by atoms with Crippen molar-refractivity contribution in [3.8, 4) is 5.75 Å². The van der Waals surface area contributed by atoms with Crippen LogP contribution in [0.15, 0.2) is 18.2 Å². The van der Waals surface area contributed by atoms with Gasteiger partial charge in [0.25, 0.3) is 0 Å². The Morgan fingerprint density at radius 2 is 2.05 bits per heavy atom. The van der Waals surface area contributed by atoms with E-state index >= 15 is 0 Å². The molecule has 0 amide bonds. The van der Waals surface area contributed by atoms with Crippen LogP contribution in [0.1, 0.15) is 25.8 Å². The summed E-state index contributed by atoms with van der Waals surface area (Å²) in [6.45, 7) is 10.00. The second kappa shape index (κ2) is 8.62. The molecular formula is C17H26ClNO2. The van der Waals surface area contributed by atoms with E-state index in [4.69, 9.17) is 21.1 Å². The maximum Gasteiger partial charge on any atom is 0.122 e. The lowest BCUT2D eigenvalue weighted by Crippen LogP contribution is -2.36. The molecule has 3 nitrogen and oxygen atoms in total. The Labute approximate surface area is 133 Å². The lowest BCUT2D eigenvalue weighted by molar-refractivity contribution is 0.0374. The van der Waals surface area contributed by atoms with Crippen LogP contribution in [0, 0.1) is 5.92 Å². The van der Waals surface area contributed by atoms with Crippen LogP contribution in [0.2, 0.25) is 5.02 Å². The fraction of sp³-hybridized carbons (Fsp3) is 0.647. The van der Waals surface area contributed by atoms with Crippen molar-refractivity contribution >= 4 is 11.6 Å². The van der Waals surface area contributed by atoms with Gasteiger partial charge in [0, 0.05) is 18.1 Å². The van der Waals surface area contributed by atoms with Gasteiger partial charge in [0.05, 0.1) is 19.8 Å². The predicted molar refractivity (Wildman–Crippen MR) is 87.4 cm³/mol. The third kappa shape index (κ3) is 5.85. The smallest absolute Gasteiger partial charge is 0.122 e. The first kappa shape index (κ1) is 16.6. The topological polar surface area (TPSA) is 21.7 Å². The number of hydrogen-bond acceptors (Lipinski definition) is 3. The van der Waals surface area contributed by atoms with Crippen LogP contribution in [-0.4, -0.2) is 44.4 Å². The first-order valence-corrected chi connectivity index (χ1v) is 8.24. The first-order chi connectivity index (χ1) is 10.1. The molecule has 0 saturated carbocycles. The van der Waals surface area contributed by atoms with Crippen molar-refractivity contribution in [2.75, 3.05) is 39.5 Å². The predicted octanol–water partition coefficient (Wildman–Crippen LogP) is 3.64. The second-order valence-electron chi connectivity index (χ2n) is 6.01. The van der Waals surface area contributed by atoms with Crippen molar-refractivity contribution in [1.82, 2.24) is 4.90 Å². The normalized spacial score (nSPS) is 16.4. The summed E-state index contributed by atoms with van der Waals surface area (Å²) in [5, 5.41) is 0.785. The summed E-state index contributed by atoms with van der Waals surface area (Å²) in [6.07, 6.45) is 2.13. The van der Waals surface area contributed by atoms with E-state index < -0.39 is 0 Å². The summed E-state index contributed by atoms with van der Waals surface area (Å²) in [4.78, 5) is 2.46. The van der Waals surface area contributed by atoms with Gasteiger partial charge >= 0.3 is 0 Å². The zero-order valence-corrected chi connectivity index (χ0v) is 13.9. The van der Waals surface area contributed by atoms with Crippen molar-refractivity contribution in [3.63, 3.8) is 0 Å². The Bertz CT molecular complexity index is 431. The Kier molecular flexibility index (Phi) is 6.81. The number of nitrogens with zero attached hydrogens (tertiary/aromatic N) is 1. The maximum absolute atomic E-state index is 6.12. The van der Waals surface area contributed by atoms with Gasteiger partial charge in [-0.25, -0.2) is 0 Å². The lowest BCUT2D eigenvalue weighted by Gasteiger charge is -2.26. The highest BCUT2D eigenvalue weighted by Crippen LogP contribution is 2.25. The van der Waals surface area contributed by atoms with Crippen LogP contribution in [0.3, 0.4) is 0 Å². The number of ether oxygens (including phenoxy) is 2. The van der Waals surface area contributed by atoms with E-state index in [1.807, 2.05) is 18.2 Å². The summed E-state index contributed by atoms with van der Waals surface area (Å²) >= 11 is 6.12.